The molecule has 0 N–H and O–H groups in total. The maximum absolute atomic E-state index is 12.9. The van der Waals surface area contributed by atoms with Crippen LogP contribution < -0.4 is 4.90 Å². The molecule has 1 heterocycles. The van der Waals surface area contributed by atoms with E-state index in [0.717, 1.165) is 37.0 Å². The maximum Gasteiger partial charge on any atom is 0.280 e. The monoisotopic (exact) mass is 274 g/mol. The molecule has 2 aromatic rings. The molecule has 3 rings (SSSR count). The molecule has 104 valence electrons. The maximum atomic E-state index is 12.9. The summed E-state index contributed by atoms with van der Waals surface area (Å²) in [6.45, 7) is 0. The number of amides is 1. The van der Waals surface area contributed by atoms with Gasteiger partial charge in [0, 0.05) is 24.7 Å². The van der Waals surface area contributed by atoms with E-state index in [0.29, 0.717) is 11.4 Å². The van der Waals surface area contributed by atoms with Crippen LogP contribution in [-0.2, 0) is 12.8 Å². The van der Waals surface area contributed by atoms with Crippen LogP contribution in [0.25, 0.3) is 0 Å². The molecule has 20 heavy (non-hydrogen) atoms. The molecule has 0 bridgehead atoms. The molecule has 0 saturated carbocycles. The van der Waals surface area contributed by atoms with Gasteiger partial charge in [0.2, 0.25) is 0 Å². The van der Waals surface area contributed by atoms with E-state index in [1.807, 2.05) is 0 Å². The predicted octanol–water partition coefficient (Wildman–Crippen LogP) is 2.97. The molecule has 4 nitrogen and oxygen atoms in total. The predicted molar refractivity (Wildman–Crippen MR) is 72.3 cm³/mol. The van der Waals surface area contributed by atoms with Crippen molar-refractivity contribution in [2.75, 3.05) is 11.9 Å². The van der Waals surface area contributed by atoms with Gasteiger partial charge in [-0.3, -0.25) is 4.79 Å². The molecule has 0 saturated heterocycles. The zero-order valence-electron chi connectivity index (χ0n) is 11.2. The Hall–Kier alpha value is -2.17. The zero-order chi connectivity index (χ0) is 14.1. The topological polar surface area (TPSA) is 46.3 Å². The number of carbonyl (C=O) groups excluding carboxylic acids is 1. The number of fused-ring (bicyclic) bond motifs is 1. The van der Waals surface area contributed by atoms with Crippen LogP contribution in [0.3, 0.4) is 0 Å². The van der Waals surface area contributed by atoms with Crippen molar-refractivity contribution >= 4 is 11.6 Å². The lowest BCUT2D eigenvalue weighted by atomic mass is 9.96. The first-order chi connectivity index (χ1) is 9.66. The second kappa shape index (κ2) is 5.07. The minimum absolute atomic E-state index is 0.219. The van der Waals surface area contributed by atoms with Crippen LogP contribution in [0, 0.1) is 5.82 Å². The van der Waals surface area contributed by atoms with Gasteiger partial charge in [0.1, 0.15) is 11.6 Å². The molecule has 1 amide bonds. The van der Waals surface area contributed by atoms with Gasteiger partial charge in [0.15, 0.2) is 5.69 Å². The highest BCUT2D eigenvalue weighted by atomic mass is 19.1. The Labute approximate surface area is 116 Å². The third-order valence-electron chi connectivity index (χ3n) is 3.67. The van der Waals surface area contributed by atoms with Gasteiger partial charge in [0.05, 0.1) is 0 Å². The smallest absolute Gasteiger partial charge is 0.280 e. The lowest BCUT2D eigenvalue weighted by Gasteiger charge is -2.17. The number of nitrogens with zero attached hydrogens (tertiary/aromatic N) is 2. The van der Waals surface area contributed by atoms with Gasteiger partial charge < -0.3 is 9.42 Å². The van der Waals surface area contributed by atoms with Gasteiger partial charge in [-0.2, -0.15) is 0 Å². The first-order valence-electron chi connectivity index (χ1n) is 6.68. The largest absolute Gasteiger partial charge is 0.360 e. The molecule has 5 heteroatoms. The molecule has 0 unspecified atom stereocenters. The average molecular weight is 274 g/mol. The van der Waals surface area contributed by atoms with Gasteiger partial charge in [0.25, 0.3) is 5.91 Å². The van der Waals surface area contributed by atoms with Crippen molar-refractivity contribution in [1.29, 1.82) is 0 Å². The molecule has 0 fully saturated rings. The van der Waals surface area contributed by atoms with Gasteiger partial charge in [-0.25, -0.2) is 4.39 Å². The van der Waals surface area contributed by atoms with Crippen molar-refractivity contribution < 1.29 is 13.7 Å². The van der Waals surface area contributed by atoms with Crippen LogP contribution in [0.2, 0.25) is 0 Å². The van der Waals surface area contributed by atoms with Crippen LogP contribution in [0.15, 0.2) is 28.8 Å². The van der Waals surface area contributed by atoms with Crippen molar-refractivity contribution in [3.63, 3.8) is 0 Å². The normalized spacial score (nSPS) is 13.9. The summed E-state index contributed by atoms with van der Waals surface area (Å²) in [7, 11) is 1.65. The van der Waals surface area contributed by atoms with Crippen molar-refractivity contribution in [2.24, 2.45) is 0 Å². The molecule has 0 spiro atoms. The van der Waals surface area contributed by atoms with E-state index < -0.39 is 0 Å². The van der Waals surface area contributed by atoms with E-state index in [1.54, 1.807) is 19.2 Å². The third kappa shape index (κ3) is 2.19. The summed E-state index contributed by atoms with van der Waals surface area (Å²) in [6.07, 6.45) is 3.80. The van der Waals surface area contributed by atoms with E-state index >= 15 is 0 Å². The summed E-state index contributed by atoms with van der Waals surface area (Å²) in [5.74, 6) is 0.282. The number of aryl methyl sites for hydroxylation is 1. The van der Waals surface area contributed by atoms with Crippen molar-refractivity contribution in [2.45, 2.75) is 25.7 Å². The Balaban J connectivity index is 1.88. The summed E-state index contributed by atoms with van der Waals surface area (Å²) >= 11 is 0. The van der Waals surface area contributed by atoms with Crippen molar-refractivity contribution in [3.05, 3.63) is 47.1 Å². The number of aromatic nitrogens is 1. The average Bonchev–Trinajstić information content (AvgIpc) is 2.90. The van der Waals surface area contributed by atoms with Crippen LogP contribution in [0.5, 0.6) is 0 Å². The molecule has 1 aliphatic carbocycles. The van der Waals surface area contributed by atoms with Gasteiger partial charge in [-0.05, 0) is 43.5 Å². The highest BCUT2D eigenvalue weighted by Gasteiger charge is 2.26. The molecular weight excluding hydrogens is 259 g/mol. The van der Waals surface area contributed by atoms with Crippen LogP contribution in [0.1, 0.15) is 34.7 Å². The van der Waals surface area contributed by atoms with E-state index in [2.05, 4.69) is 5.16 Å². The van der Waals surface area contributed by atoms with Gasteiger partial charge >= 0.3 is 0 Å². The Morgan fingerprint density at radius 2 is 1.95 bits per heavy atom. The molecule has 0 atom stereocenters. The minimum Gasteiger partial charge on any atom is -0.360 e. The van der Waals surface area contributed by atoms with Gasteiger partial charge in [-0.1, -0.05) is 5.16 Å². The first-order valence-corrected chi connectivity index (χ1v) is 6.68. The van der Waals surface area contributed by atoms with Crippen LogP contribution in [0.4, 0.5) is 10.1 Å². The fourth-order valence-electron chi connectivity index (χ4n) is 2.49. The second-order valence-electron chi connectivity index (χ2n) is 4.98. The number of rotatable bonds is 2. The Morgan fingerprint density at radius 1 is 1.25 bits per heavy atom. The minimum atomic E-state index is -0.326. The first kappa shape index (κ1) is 12.8. The highest BCUT2D eigenvalue weighted by molar-refractivity contribution is 6.05. The number of halogens is 1. The molecule has 0 radical (unpaired) electrons. The Morgan fingerprint density at radius 3 is 2.70 bits per heavy atom. The molecule has 1 aromatic carbocycles. The summed E-state index contributed by atoms with van der Waals surface area (Å²) < 4.78 is 18.2. The fourth-order valence-corrected chi connectivity index (χ4v) is 2.49. The van der Waals surface area contributed by atoms with Crippen LogP contribution in [-0.4, -0.2) is 18.1 Å². The molecule has 1 aromatic heterocycles. The fraction of sp³-hybridized carbons (Fsp3) is 0.333. The number of hydrogen-bond donors (Lipinski definition) is 0. The van der Waals surface area contributed by atoms with E-state index in [9.17, 15) is 9.18 Å². The SMILES string of the molecule is CN(C(=O)c1noc2c1CCCC2)c1ccc(F)cc1. The third-order valence-corrected chi connectivity index (χ3v) is 3.67. The lowest BCUT2D eigenvalue weighted by molar-refractivity contribution is 0.0983. The van der Waals surface area contributed by atoms with Gasteiger partial charge in [-0.15, -0.1) is 0 Å². The number of hydrogen-bond acceptors (Lipinski definition) is 3. The molecular formula is C15H15FN2O2. The van der Waals surface area contributed by atoms with E-state index in [4.69, 9.17) is 4.52 Å². The highest BCUT2D eigenvalue weighted by Crippen LogP contribution is 2.26. The molecule has 1 aliphatic rings. The standard InChI is InChI=1S/C15H15FN2O2/c1-18(11-8-6-10(16)7-9-11)15(19)14-12-4-2-3-5-13(12)20-17-14/h6-9H,2-5H2,1H3. The van der Waals surface area contributed by atoms with E-state index in [1.165, 1.54) is 17.0 Å². The second-order valence-corrected chi connectivity index (χ2v) is 4.98. The summed E-state index contributed by atoms with van der Waals surface area (Å²) in [4.78, 5) is 13.9. The zero-order valence-corrected chi connectivity index (χ0v) is 11.2. The Kier molecular flexibility index (Phi) is 3.26. The molecule has 0 aliphatic heterocycles. The van der Waals surface area contributed by atoms with E-state index in [-0.39, 0.29) is 11.7 Å². The number of anilines is 1. The van der Waals surface area contributed by atoms with Crippen LogP contribution >= 0.6 is 0 Å². The lowest BCUT2D eigenvalue weighted by Crippen LogP contribution is -2.27. The number of carbonyl (C=O) groups is 1. The number of benzene rings is 1. The van der Waals surface area contributed by atoms with Crippen molar-refractivity contribution in [1.82, 2.24) is 5.16 Å². The quantitative estimate of drug-likeness (QED) is 0.845. The summed E-state index contributed by atoms with van der Waals surface area (Å²) in [5, 5.41) is 3.92. The summed E-state index contributed by atoms with van der Waals surface area (Å²) in [6, 6.07) is 5.80. The van der Waals surface area contributed by atoms with Crippen molar-refractivity contribution in [3.8, 4) is 0 Å². The Bertz CT molecular complexity index is 634. The summed E-state index contributed by atoms with van der Waals surface area (Å²) in [5.41, 5.74) is 1.94.